The summed E-state index contributed by atoms with van der Waals surface area (Å²) in [4.78, 5) is 24.7. The first kappa shape index (κ1) is 23.8. The summed E-state index contributed by atoms with van der Waals surface area (Å²) in [7, 11) is 0. The maximum atomic E-state index is 12.6. The molecule has 5 heteroatoms. The third kappa shape index (κ3) is 10.0. The molecule has 1 rings (SSSR count). The normalized spacial score (nSPS) is 15.5. The molecule has 0 aromatic heterocycles. The number of amides is 1. The van der Waals surface area contributed by atoms with Crippen molar-refractivity contribution in [3.05, 3.63) is 0 Å². The van der Waals surface area contributed by atoms with Gasteiger partial charge in [-0.05, 0) is 25.7 Å². The average molecular weight is 384 g/mol. The van der Waals surface area contributed by atoms with E-state index in [0.717, 1.165) is 51.4 Å². The largest absolute Gasteiger partial charge is 0.464 e. The van der Waals surface area contributed by atoms with Gasteiger partial charge in [0.15, 0.2) is 0 Å². The second-order valence-corrected chi connectivity index (χ2v) is 7.87. The minimum absolute atomic E-state index is 0.283. The molecule has 1 fully saturated rings. The monoisotopic (exact) mass is 383 g/mol. The lowest BCUT2D eigenvalue weighted by Gasteiger charge is -2.27. The van der Waals surface area contributed by atoms with Crippen molar-refractivity contribution in [2.24, 2.45) is 0 Å². The van der Waals surface area contributed by atoms with Gasteiger partial charge in [-0.2, -0.15) is 0 Å². The van der Waals surface area contributed by atoms with Crippen molar-refractivity contribution < 1.29 is 19.1 Å². The van der Waals surface area contributed by atoms with Crippen LogP contribution in [0.5, 0.6) is 0 Å². The number of ether oxygens (including phenoxy) is 2. The van der Waals surface area contributed by atoms with E-state index in [0.29, 0.717) is 26.1 Å². The van der Waals surface area contributed by atoms with Gasteiger partial charge >= 0.3 is 12.1 Å². The summed E-state index contributed by atoms with van der Waals surface area (Å²) in [6.45, 7) is 5.22. The Hall–Kier alpha value is -1.26. The first-order chi connectivity index (χ1) is 13.1. The molecule has 0 spiro atoms. The van der Waals surface area contributed by atoms with Crippen LogP contribution in [0, 0.1) is 0 Å². The van der Waals surface area contributed by atoms with Crippen LogP contribution >= 0.6 is 0 Å². The van der Waals surface area contributed by atoms with E-state index >= 15 is 0 Å². The van der Waals surface area contributed by atoms with Crippen molar-refractivity contribution >= 4 is 12.1 Å². The van der Waals surface area contributed by atoms with Crippen LogP contribution in [0.1, 0.15) is 110 Å². The fourth-order valence-corrected chi connectivity index (χ4v) is 3.65. The van der Waals surface area contributed by atoms with E-state index in [1.54, 1.807) is 0 Å². The van der Waals surface area contributed by atoms with Gasteiger partial charge in [-0.1, -0.05) is 84.5 Å². The third-order valence-electron chi connectivity index (χ3n) is 5.40. The van der Waals surface area contributed by atoms with Gasteiger partial charge < -0.3 is 14.8 Å². The minimum Gasteiger partial charge on any atom is -0.464 e. The summed E-state index contributed by atoms with van der Waals surface area (Å²) in [5.74, 6) is -0.283. The first-order valence-electron chi connectivity index (χ1n) is 11.3. The quantitative estimate of drug-likeness (QED) is 0.282. The SMILES string of the molecule is CCCCCCCCCOC(=O)C1(NC(=O)OCCCCCC)CCCC1. The Kier molecular flexibility index (Phi) is 13.0. The van der Waals surface area contributed by atoms with E-state index in [1.165, 1.54) is 32.1 Å². The Bertz CT molecular complexity index is 405. The van der Waals surface area contributed by atoms with Crippen LogP contribution in [-0.2, 0) is 14.3 Å². The molecule has 0 heterocycles. The molecular formula is C22H41NO4. The van der Waals surface area contributed by atoms with Crippen molar-refractivity contribution in [2.45, 2.75) is 116 Å². The van der Waals surface area contributed by atoms with Crippen LogP contribution in [0.25, 0.3) is 0 Å². The molecule has 0 bridgehead atoms. The summed E-state index contributed by atoms with van der Waals surface area (Å²) in [5, 5.41) is 2.82. The fourth-order valence-electron chi connectivity index (χ4n) is 3.65. The zero-order valence-electron chi connectivity index (χ0n) is 17.7. The third-order valence-corrected chi connectivity index (χ3v) is 5.40. The second-order valence-electron chi connectivity index (χ2n) is 7.87. The topological polar surface area (TPSA) is 64.6 Å². The Balaban J connectivity index is 2.25. The maximum Gasteiger partial charge on any atom is 0.408 e. The zero-order chi connectivity index (χ0) is 19.8. The number of carbonyl (C=O) groups is 2. The van der Waals surface area contributed by atoms with Gasteiger partial charge in [0.2, 0.25) is 0 Å². The molecular weight excluding hydrogens is 342 g/mol. The lowest BCUT2D eigenvalue weighted by atomic mass is 9.98. The van der Waals surface area contributed by atoms with Crippen molar-refractivity contribution in [3.63, 3.8) is 0 Å². The molecule has 27 heavy (non-hydrogen) atoms. The molecule has 0 aromatic carbocycles. The van der Waals surface area contributed by atoms with Crippen LogP contribution in [0.2, 0.25) is 0 Å². The number of nitrogens with one attached hydrogen (secondary N) is 1. The highest BCUT2D eigenvalue weighted by molar-refractivity contribution is 5.86. The van der Waals surface area contributed by atoms with Gasteiger partial charge in [0, 0.05) is 0 Å². The van der Waals surface area contributed by atoms with E-state index in [4.69, 9.17) is 9.47 Å². The molecule has 1 N–H and O–H groups in total. The molecule has 1 saturated carbocycles. The van der Waals surface area contributed by atoms with Crippen molar-refractivity contribution in [2.75, 3.05) is 13.2 Å². The maximum absolute atomic E-state index is 12.6. The molecule has 0 unspecified atom stereocenters. The predicted molar refractivity (Wildman–Crippen MR) is 109 cm³/mol. The summed E-state index contributed by atoms with van der Waals surface area (Å²) in [5.41, 5.74) is -0.873. The summed E-state index contributed by atoms with van der Waals surface area (Å²) >= 11 is 0. The summed E-state index contributed by atoms with van der Waals surface area (Å²) < 4.78 is 10.8. The number of unbranched alkanes of at least 4 members (excludes halogenated alkanes) is 9. The first-order valence-corrected chi connectivity index (χ1v) is 11.3. The molecule has 1 amide bonds. The predicted octanol–water partition coefficient (Wildman–Crippen LogP) is 5.90. The Labute approximate surface area is 165 Å². The number of carbonyl (C=O) groups excluding carboxylic acids is 2. The number of hydrogen-bond donors (Lipinski definition) is 1. The van der Waals surface area contributed by atoms with Gasteiger partial charge in [0.25, 0.3) is 0 Å². The fraction of sp³-hybridized carbons (Fsp3) is 0.909. The minimum atomic E-state index is -0.873. The average Bonchev–Trinajstić information content (AvgIpc) is 3.13. The number of hydrogen-bond acceptors (Lipinski definition) is 4. The van der Waals surface area contributed by atoms with Crippen molar-refractivity contribution in [1.82, 2.24) is 5.32 Å². The van der Waals surface area contributed by atoms with Crippen LogP contribution in [0.15, 0.2) is 0 Å². The molecule has 158 valence electrons. The van der Waals surface area contributed by atoms with Gasteiger partial charge in [-0.15, -0.1) is 0 Å². The number of alkyl carbamates (subject to hydrolysis) is 1. The van der Waals surface area contributed by atoms with Gasteiger partial charge in [-0.25, -0.2) is 9.59 Å². The van der Waals surface area contributed by atoms with E-state index < -0.39 is 11.6 Å². The Morgan fingerprint density at radius 2 is 1.22 bits per heavy atom. The lowest BCUT2D eigenvalue weighted by Crippen LogP contribution is -2.53. The molecule has 0 saturated heterocycles. The summed E-state index contributed by atoms with van der Waals surface area (Å²) in [6, 6.07) is 0. The van der Waals surface area contributed by atoms with Crippen molar-refractivity contribution in [3.8, 4) is 0 Å². The Morgan fingerprint density at radius 3 is 1.81 bits per heavy atom. The number of rotatable bonds is 15. The van der Waals surface area contributed by atoms with Crippen molar-refractivity contribution in [1.29, 1.82) is 0 Å². The molecule has 0 atom stereocenters. The molecule has 0 radical (unpaired) electrons. The van der Waals surface area contributed by atoms with Gasteiger partial charge in [0.1, 0.15) is 5.54 Å². The van der Waals surface area contributed by atoms with E-state index in [1.807, 2.05) is 0 Å². The molecule has 0 aromatic rings. The zero-order valence-corrected chi connectivity index (χ0v) is 17.7. The van der Waals surface area contributed by atoms with E-state index in [-0.39, 0.29) is 5.97 Å². The van der Waals surface area contributed by atoms with Gasteiger partial charge in [0.05, 0.1) is 13.2 Å². The second kappa shape index (κ2) is 14.8. The van der Waals surface area contributed by atoms with Gasteiger partial charge in [-0.3, -0.25) is 0 Å². The van der Waals surface area contributed by atoms with E-state index in [2.05, 4.69) is 19.2 Å². The molecule has 1 aliphatic carbocycles. The summed E-state index contributed by atoms with van der Waals surface area (Å²) in [6.07, 6.45) is 15.2. The highest BCUT2D eigenvalue weighted by Crippen LogP contribution is 2.31. The van der Waals surface area contributed by atoms with Crippen LogP contribution < -0.4 is 5.32 Å². The molecule has 1 aliphatic rings. The van der Waals surface area contributed by atoms with E-state index in [9.17, 15) is 9.59 Å². The Morgan fingerprint density at radius 1 is 0.741 bits per heavy atom. The number of esters is 1. The highest BCUT2D eigenvalue weighted by atomic mass is 16.6. The van der Waals surface area contributed by atoms with Crippen LogP contribution in [0.3, 0.4) is 0 Å². The molecule has 0 aliphatic heterocycles. The highest BCUT2D eigenvalue weighted by Gasteiger charge is 2.44. The van der Waals surface area contributed by atoms with Crippen LogP contribution in [-0.4, -0.2) is 30.8 Å². The van der Waals surface area contributed by atoms with Crippen LogP contribution in [0.4, 0.5) is 4.79 Å². The molecule has 5 nitrogen and oxygen atoms in total. The smallest absolute Gasteiger partial charge is 0.408 e. The standard InChI is InChI=1S/C22H41NO4/c1-3-5-7-9-10-11-15-18-26-20(24)22(16-12-13-17-22)23-21(25)27-19-14-8-6-4-2/h3-19H2,1-2H3,(H,23,25). The lowest BCUT2D eigenvalue weighted by molar-refractivity contribution is -0.151.